The number of hydrogen-bond donors (Lipinski definition) is 1. The van der Waals surface area contributed by atoms with Crippen molar-refractivity contribution in [1.82, 2.24) is 5.32 Å². The Morgan fingerprint density at radius 3 is 2.68 bits per heavy atom. The average molecular weight is 260 g/mol. The van der Waals surface area contributed by atoms with Gasteiger partial charge in [-0.1, -0.05) is 12.1 Å². The van der Waals surface area contributed by atoms with Gasteiger partial charge in [-0.05, 0) is 64.2 Å². The Labute approximate surface area is 118 Å². The van der Waals surface area contributed by atoms with Crippen LogP contribution < -0.4 is 10.2 Å². The molecule has 1 aliphatic rings. The van der Waals surface area contributed by atoms with Crippen molar-refractivity contribution in [3.05, 3.63) is 29.3 Å². The molecule has 0 amide bonds. The Morgan fingerprint density at radius 2 is 2.00 bits per heavy atom. The summed E-state index contributed by atoms with van der Waals surface area (Å²) in [4.78, 5) is 2.55. The Kier molecular flexibility index (Phi) is 4.19. The second-order valence-corrected chi connectivity index (χ2v) is 7.02. The van der Waals surface area contributed by atoms with Gasteiger partial charge in [0.15, 0.2) is 0 Å². The lowest BCUT2D eigenvalue weighted by atomic mass is 10.1. The number of nitrogens with one attached hydrogen (secondary N) is 1. The summed E-state index contributed by atoms with van der Waals surface area (Å²) in [6.45, 7) is 14.6. The molecule has 106 valence electrons. The van der Waals surface area contributed by atoms with Gasteiger partial charge in [0.05, 0.1) is 0 Å². The predicted molar refractivity (Wildman–Crippen MR) is 84.0 cm³/mol. The van der Waals surface area contributed by atoms with E-state index in [-0.39, 0.29) is 5.54 Å². The predicted octanol–water partition coefficient (Wildman–Crippen LogP) is 3.52. The van der Waals surface area contributed by atoms with E-state index in [1.807, 2.05) is 0 Å². The van der Waals surface area contributed by atoms with Crippen molar-refractivity contribution in [3.8, 4) is 0 Å². The molecule has 0 spiro atoms. The molecule has 0 radical (unpaired) electrons. The maximum atomic E-state index is 3.64. The minimum absolute atomic E-state index is 0.229. The summed E-state index contributed by atoms with van der Waals surface area (Å²) in [5.74, 6) is 0.777. The van der Waals surface area contributed by atoms with Crippen molar-refractivity contribution in [1.29, 1.82) is 0 Å². The molecule has 0 bridgehead atoms. The van der Waals surface area contributed by atoms with E-state index in [1.54, 1.807) is 0 Å². The highest BCUT2D eigenvalue weighted by molar-refractivity contribution is 5.55. The molecule has 1 aliphatic heterocycles. The highest BCUT2D eigenvalue weighted by Gasteiger charge is 2.24. The zero-order chi connectivity index (χ0) is 14.0. The highest BCUT2D eigenvalue weighted by atomic mass is 15.2. The van der Waals surface area contributed by atoms with Crippen molar-refractivity contribution >= 4 is 5.69 Å². The van der Waals surface area contributed by atoms with Crippen LogP contribution in [0.15, 0.2) is 18.2 Å². The molecule has 1 heterocycles. The molecule has 2 heteroatoms. The average Bonchev–Trinajstić information content (AvgIpc) is 2.77. The summed E-state index contributed by atoms with van der Waals surface area (Å²) in [6, 6.07) is 6.77. The smallest absolute Gasteiger partial charge is 0.0398 e. The third-order valence-electron chi connectivity index (χ3n) is 3.91. The lowest BCUT2D eigenvalue weighted by molar-refractivity contribution is 0.383. The van der Waals surface area contributed by atoms with Crippen LogP contribution in [-0.4, -0.2) is 25.2 Å². The van der Waals surface area contributed by atoms with Crippen molar-refractivity contribution in [2.75, 3.05) is 24.5 Å². The summed E-state index contributed by atoms with van der Waals surface area (Å²) in [5.41, 5.74) is 4.41. The molecular formula is C17H28N2. The number of nitrogens with zero attached hydrogens (tertiary/aromatic N) is 1. The summed E-state index contributed by atoms with van der Waals surface area (Å²) < 4.78 is 0. The summed E-state index contributed by atoms with van der Waals surface area (Å²) in [6.07, 6.45) is 1.30. The lowest BCUT2D eigenvalue weighted by Gasteiger charge is -2.24. The normalized spacial score (nSPS) is 20.1. The van der Waals surface area contributed by atoms with Crippen molar-refractivity contribution in [2.24, 2.45) is 5.92 Å². The fourth-order valence-electron chi connectivity index (χ4n) is 2.73. The van der Waals surface area contributed by atoms with Crippen LogP contribution in [0.3, 0.4) is 0 Å². The second-order valence-electron chi connectivity index (χ2n) is 7.02. The minimum atomic E-state index is 0.229. The van der Waals surface area contributed by atoms with Gasteiger partial charge in [0.25, 0.3) is 0 Å². The fourth-order valence-corrected chi connectivity index (χ4v) is 2.73. The number of anilines is 1. The Morgan fingerprint density at radius 1 is 1.26 bits per heavy atom. The Hall–Kier alpha value is -1.02. The van der Waals surface area contributed by atoms with E-state index >= 15 is 0 Å². The van der Waals surface area contributed by atoms with Gasteiger partial charge in [0.2, 0.25) is 0 Å². The zero-order valence-corrected chi connectivity index (χ0v) is 13.1. The monoisotopic (exact) mass is 260 g/mol. The molecule has 1 unspecified atom stereocenters. The summed E-state index contributed by atoms with van der Waals surface area (Å²) >= 11 is 0. The van der Waals surface area contributed by atoms with Gasteiger partial charge in [-0.15, -0.1) is 0 Å². The maximum absolute atomic E-state index is 3.64. The van der Waals surface area contributed by atoms with E-state index < -0.39 is 0 Å². The van der Waals surface area contributed by atoms with Crippen LogP contribution in [0.1, 0.15) is 38.3 Å². The molecule has 1 aromatic carbocycles. The molecule has 0 aromatic heterocycles. The van der Waals surface area contributed by atoms with Gasteiger partial charge in [-0.25, -0.2) is 0 Å². The minimum Gasteiger partial charge on any atom is -0.371 e. The molecule has 2 nitrogen and oxygen atoms in total. The first-order valence-corrected chi connectivity index (χ1v) is 7.42. The summed E-state index contributed by atoms with van der Waals surface area (Å²) in [7, 11) is 0. The molecule has 2 rings (SSSR count). The summed E-state index contributed by atoms with van der Waals surface area (Å²) in [5, 5.41) is 3.64. The first kappa shape index (κ1) is 14.4. The first-order valence-electron chi connectivity index (χ1n) is 7.42. The van der Waals surface area contributed by atoms with Crippen molar-refractivity contribution in [3.63, 3.8) is 0 Å². The third kappa shape index (κ3) is 3.97. The number of aryl methyl sites for hydroxylation is 2. The zero-order valence-electron chi connectivity index (χ0n) is 13.1. The van der Waals surface area contributed by atoms with E-state index in [1.165, 1.54) is 36.3 Å². The number of hydrogen-bond acceptors (Lipinski definition) is 2. The van der Waals surface area contributed by atoms with Crippen LogP contribution in [-0.2, 0) is 0 Å². The van der Waals surface area contributed by atoms with Gasteiger partial charge in [-0.3, -0.25) is 0 Å². The van der Waals surface area contributed by atoms with E-state index in [9.17, 15) is 0 Å². The molecule has 1 saturated heterocycles. The van der Waals surface area contributed by atoms with Crippen molar-refractivity contribution in [2.45, 2.75) is 46.6 Å². The van der Waals surface area contributed by atoms with Crippen LogP contribution in [0.2, 0.25) is 0 Å². The quantitative estimate of drug-likeness (QED) is 0.894. The lowest BCUT2D eigenvalue weighted by Crippen LogP contribution is -2.39. The van der Waals surface area contributed by atoms with Crippen LogP contribution in [0.5, 0.6) is 0 Å². The van der Waals surface area contributed by atoms with E-state index in [0.29, 0.717) is 0 Å². The third-order valence-corrected chi connectivity index (χ3v) is 3.91. The molecule has 1 atom stereocenters. The van der Waals surface area contributed by atoms with Crippen LogP contribution >= 0.6 is 0 Å². The van der Waals surface area contributed by atoms with E-state index in [0.717, 1.165) is 12.5 Å². The van der Waals surface area contributed by atoms with Gasteiger partial charge >= 0.3 is 0 Å². The second kappa shape index (κ2) is 5.54. The molecule has 1 N–H and O–H groups in total. The Bertz CT molecular complexity index is 431. The molecule has 1 aromatic rings. The molecule has 0 aliphatic carbocycles. The number of rotatable bonds is 3. The van der Waals surface area contributed by atoms with Crippen LogP contribution in [0.25, 0.3) is 0 Å². The van der Waals surface area contributed by atoms with Crippen LogP contribution in [0.4, 0.5) is 5.69 Å². The van der Waals surface area contributed by atoms with E-state index in [4.69, 9.17) is 0 Å². The standard InChI is InChI=1S/C17H28N2/c1-13-6-7-14(2)16(10-13)19-9-8-15(12-19)11-18-17(3,4)5/h6-7,10,15,18H,8-9,11-12H2,1-5H3. The topological polar surface area (TPSA) is 15.3 Å². The van der Waals surface area contributed by atoms with Gasteiger partial charge in [-0.2, -0.15) is 0 Å². The molecule has 0 saturated carbocycles. The van der Waals surface area contributed by atoms with E-state index in [2.05, 4.69) is 63.0 Å². The highest BCUT2D eigenvalue weighted by Crippen LogP contribution is 2.27. The molecular weight excluding hydrogens is 232 g/mol. The molecule has 19 heavy (non-hydrogen) atoms. The fraction of sp³-hybridized carbons (Fsp3) is 0.647. The van der Waals surface area contributed by atoms with Crippen LogP contribution in [0, 0.1) is 19.8 Å². The number of benzene rings is 1. The largest absolute Gasteiger partial charge is 0.371 e. The first-order chi connectivity index (χ1) is 8.85. The molecule has 1 fully saturated rings. The maximum Gasteiger partial charge on any atom is 0.0398 e. The van der Waals surface area contributed by atoms with Gasteiger partial charge in [0.1, 0.15) is 0 Å². The van der Waals surface area contributed by atoms with Gasteiger partial charge < -0.3 is 10.2 Å². The van der Waals surface area contributed by atoms with Gasteiger partial charge in [0, 0.05) is 30.9 Å². The van der Waals surface area contributed by atoms with Crippen molar-refractivity contribution < 1.29 is 0 Å². The SMILES string of the molecule is Cc1ccc(C)c(N2CCC(CNC(C)(C)C)C2)c1. The Balaban J connectivity index is 1.96.